The predicted octanol–water partition coefficient (Wildman–Crippen LogP) is 0.955. The first kappa shape index (κ1) is 17.5. The van der Waals surface area contributed by atoms with Gasteiger partial charge in [0, 0.05) is 25.2 Å². The number of nitrogens with zero attached hydrogens (tertiary/aromatic N) is 2. The van der Waals surface area contributed by atoms with Crippen molar-refractivity contribution in [2.24, 2.45) is 5.73 Å². The number of likely N-dealkylation sites (tertiary alicyclic amines) is 2. The lowest BCUT2D eigenvalue weighted by molar-refractivity contribution is -0.123. The van der Waals surface area contributed by atoms with E-state index < -0.39 is 0 Å². The Morgan fingerprint density at radius 3 is 2.52 bits per heavy atom. The predicted molar refractivity (Wildman–Crippen MR) is 92.5 cm³/mol. The molecule has 2 amide bonds. The lowest BCUT2D eigenvalue weighted by atomic mass is 10.0. The van der Waals surface area contributed by atoms with Gasteiger partial charge in [-0.1, -0.05) is 0 Å². The van der Waals surface area contributed by atoms with Gasteiger partial charge in [0.2, 0.25) is 5.91 Å². The number of phenols is 1. The highest BCUT2D eigenvalue weighted by Crippen LogP contribution is 2.28. The average molecular weight is 347 g/mol. The second-order valence-corrected chi connectivity index (χ2v) is 6.70. The summed E-state index contributed by atoms with van der Waals surface area (Å²) in [7, 11) is 1.51. The first-order valence-corrected chi connectivity index (χ1v) is 8.72. The summed E-state index contributed by atoms with van der Waals surface area (Å²) in [6.45, 7) is 2.11. The van der Waals surface area contributed by atoms with Crippen LogP contribution in [0.15, 0.2) is 18.2 Å². The summed E-state index contributed by atoms with van der Waals surface area (Å²) in [5.74, 6) is 0.0183. The van der Waals surface area contributed by atoms with Crippen LogP contribution < -0.4 is 10.5 Å². The Balaban J connectivity index is 1.62. The van der Waals surface area contributed by atoms with Crippen LogP contribution in [-0.4, -0.2) is 65.5 Å². The fraction of sp³-hybridized carbons (Fsp3) is 0.556. The molecule has 1 aromatic carbocycles. The molecular weight excluding hydrogens is 322 g/mol. The Kier molecular flexibility index (Phi) is 5.13. The molecule has 2 aliphatic rings. The van der Waals surface area contributed by atoms with Gasteiger partial charge < -0.3 is 20.5 Å². The van der Waals surface area contributed by atoms with Crippen molar-refractivity contribution in [3.63, 3.8) is 0 Å². The van der Waals surface area contributed by atoms with E-state index in [9.17, 15) is 14.7 Å². The van der Waals surface area contributed by atoms with Crippen molar-refractivity contribution in [1.29, 1.82) is 0 Å². The van der Waals surface area contributed by atoms with Gasteiger partial charge in [-0.2, -0.15) is 0 Å². The molecule has 2 saturated heterocycles. The fourth-order valence-corrected chi connectivity index (χ4v) is 3.92. The summed E-state index contributed by atoms with van der Waals surface area (Å²) in [5, 5.41) is 10.1. The molecule has 7 heteroatoms. The minimum atomic E-state index is -0.251. The van der Waals surface area contributed by atoms with Crippen LogP contribution >= 0.6 is 0 Å². The maximum absolute atomic E-state index is 12.7. The van der Waals surface area contributed by atoms with Gasteiger partial charge in [-0.25, -0.2) is 0 Å². The Labute approximate surface area is 147 Å². The maximum atomic E-state index is 12.7. The second-order valence-electron chi connectivity index (χ2n) is 6.70. The number of piperidine rings is 1. The van der Waals surface area contributed by atoms with Crippen molar-refractivity contribution in [3.8, 4) is 11.5 Å². The molecule has 2 aliphatic heterocycles. The number of carbonyl (C=O) groups excluding carboxylic acids is 2. The lowest BCUT2D eigenvalue weighted by Gasteiger charge is -2.38. The number of benzene rings is 1. The Morgan fingerprint density at radius 2 is 1.92 bits per heavy atom. The standard InChI is InChI=1S/C18H25N3O4/c1-25-13-4-5-14(16(22)11-13)18(24)20-9-6-12(7-10-20)21-8-2-3-15(21)17(19)23/h4-5,11-12,15,22H,2-3,6-10H2,1H3,(H2,19,23)/t15-/m0/s1. The molecule has 0 bridgehead atoms. The second kappa shape index (κ2) is 7.31. The van der Waals surface area contributed by atoms with Gasteiger partial charge in [0.15, 0.2) is 0 Å². The number of hydrogen-bond acceptors (Lipinski definition) is 5. The van der Waals surface area contributed by atoms with Crippen LogP contribution in [0.25, 0.3) is 0 Å². The summed E-state index contributed by atoms with van der Waals surface area (Å²) in [6, 6.07) is 4.82. The van der Waals surface area contributed by atoms with Gasteiger partial charge in [0.05, 0.1) is 18.7 Å². The zero-order valence-corrected chi connectivity index (χ0v) is 14.5. The molecule has 2 heterocycles. The first-order chi connectivity index (χ1) is 12.0. The third-order valence-electron chi connectivity index (χ3n) is 5.28. The molecule has 136 valence electrons. The van der Waals surface area contributed by atoms with Crippen LogP contribution in [0.5, 0.6) is 11.5 Å². The summed E-state index contributed by atoms with van der Waals surface area (Å²) in [5.41, 5.74) is 5.79. The number of nitrogens with two attached hydrogens (primary N) is 1. The van der Waals surface area contributed by atoms with E-state index in [0.29, 0.717) is 18.8 Å². The number of phenolic OH excluding ortho intramolecular Hbond substituents is 1. The Morgan fingerprint density at radius 1 is 1.20 bits per heavy atom. The molecule has 3 N–H and O–H groups in total. The van der Waals surface area contributed by atoms with Crippen LogP contribution in [0.3, 0.4) is 0 Å². The number of hydrogen-bond donors (Lipinski definition) is 2. The van der Waals surface area contributed by atoms with Gasteiger partial charge in [-0.05, 0) is 44.4 Å². The SMILES string of the molecule is COc1ccc(C(=O)N2CCC(N3CCC[C@H]3C(N)=O)CC2)c(O)c1. The van der Waals surface area contributed by atoms with Crippen LogP contribution in [0, 0.1) is 0 Å². The van der Waals surface area contributed by atoms with Crippen molar-refractivity contribution in [3.05, 3.63) is 23.8 Å². The number of aromatic hydroxyl groups is 1. The van der Waals surface area contributed by atoms with Gasteiger partial charge in [0.1, 0.15) is 11.5 Å². The number of methoxy groups -OCH3 is 1. The molecule has 0 aliphatic carbocycles. The van der Waals surface area contributed by atoms with E-state index in [4.69, 9.17) is 10.5 Å². The largest absolute Gasteiger partial charge is 0.507 e. The zero-order valence-electron chi connectivity index (χ0n) is 14.5. The summed E-state index contributed by atoms with van der Waals surface area (Å²) >= 11 is 0. The van der Waals surface area contributed by atoms with E-state index >= 15 is 0 Å². The minimum absolute atomic E-state index is 0.0696. The van der Waals surface area contributed by atoms with Crippen LogP contribution in [-0.2, 0) is 4.79 Å². The summed E-state index contributed by atoms with van der Waals surface area (Å²) in [4.78, 5) is 28.2. The highest BCUT2D eigenvalue weighted by Gasteiger charge is 2.36. The molecule has 0 aromatic heterocycles. The Hall–Kier alpha value is -2.28. The molecule has 3 rings (SSSR count). The van der Waals surface area contributed by atoms with Crippen LogP contribution in [0.1, 0.15) is 36.0 Å². The van der Waals surface area contributed by atoms with E-state index in [1.54, 1.807) is 17.0 Å². The molecule has 0 unspecified atom stereocenters. The van der Waals surface area contributed by atoms with Crippen molar-refractivity contribution in [1.82, 2.24) is 9.80 Å². The molecule has 7 nitrogen and oxygen atoms in total. The Bertz CT molecular complexity index is 656. The van der Waals surface area contributed by atoms with Crippen molar-refractivity contribution in [2.45, 2.75) is 37.8 Å². The topological polar surface area (TPSA) is 96.1 Å². The van der Waals surface area contributed by atoms with Crippen molar-refractivity contribution in [2.75, 3.05) is 26.7 Å². The molecule has 2 fully saturated rings. The third-order valence-corrected chi connectivity index (χ3v) is 5.28. The van der Waals surface area contributed by atoms with E-state index in [0.717, 1.165) is 32.2 Å². The molecule has 0 spiro atoms. The van der Waals surface area contributed by atoms with Crippen LogP contribution in [0.4, 0.5) is 0 Å². The number of amides is 2. The number of rotatable bonds is 4. The van der Waals surface area contributed by atoms with E-state index in [1.165, 1.54) is 13.2 Å². The number of primary amides is 1. The van der Waals surface area contributed by atoms with E-state index in [-0.39, 0.29) is 35.2 Å². The lowest BCUT2D eigenvalue weighted by Crippen LogP contribution is -2.51. The fourth-order valence-electron chi connectivity index (χ4n) is 3.92. The highest BCUT2D eigenvalue weighted by molar-refractivity contribution is 5.97. The third kappa shape index (κ3) is 3.56. The highest BCUT2D eigenvalue weighted by atomic mass is 16.5. The molecule has 1 aromatic rings. The molecule has 25 heavy (non-hydrogen) atoms. The summed E-state index contributed by atoms with van der Waals surface area (Å²) < 4.78 is 5.05. The molecule has 0 radical (unpaired) electrons. The van der Waals surface area contributed by atoms with Crippen LogP contribution in [0.2, 0.25) is 0 Å². The normalized spacial score (nSPS) is 22.1. The minimum Gasteiger partial charge on any atom is -0.507 e. The monoisotopic (exact) mass is 347 g/mol. The summed E-state index contributed by atoms with van der Waals surface area (Å²) in [6.07, 6.45) is 3.44. The smallest absolute Gasteiger partial charge is 0.257 e. The van der Waals surface area contributed by atoms with E-state index in [2.05, 4.69) is 4.90 Å². The molecular formula is C18H25N3O4. The van der Waals surface area contributed by atoms with E-state index in [1.807, 2.05) is 0 Å². The average Bonchev–Trinajstić information content (AvgIpc) is 3.11. The van der Waals surface area contributed by atoms with Crippen molar-refractivity contribution >= 4 is 11.8 Å². The van der Waals surface area contributed by atoms with Crippen molar-refractivity contribution < 1.29 is 19.4 Å². The zero-order chi connectivity index (χ0) is 18.0. The number of ether oxygens (including phenoxy) is 1. The maximum Gasteiger partial charge on any atom is 0.257 e. The number of carbonyl (C=O) groups is 2. The van der Waals surface area contributed by atoms with Gasteiger partial charge in [0.25, 0.3) is 5.91 Å². The van der Waals surface area contributed by atoms with Gasteiger partial charge >= 0.3 is 0 Å². The van der Waals surface area contributed by atoms with Gasteiger partial charge in [-0.15, -0.1) is 0 Å². The molecule has 1 atom stereocenters. The first-order valence-electron chi connectivity index (χ1n) is 8.72. The van der Waals surface area contributed by atoms with Gasteiger partial charge in [-0.3, -0.25) is 14.5 Å². The quantitative estimate of drug-likeness (QED) is 0.845. The molecule has 0 saturated carbocycles.